The average Bonchev–Trinajstić information content (AvgIpc) is 3.10. The first-order chi connectivity index (χ1) is 13.1. The molecular weight excluding hydrogens is 373 g/mol. The number of rotatable bonds is 7. The van der Waals surface area contributed by atoms with Crippen LogP contribution in [-0.2, 0) is 20.9 Å². The number of carbonyl (C=O) groups excluding carboxylic acids is 2. The van der Waals surface area contributed by atoms with Gasteiger partial charge in [-0.3, -0.25) is 14.5 Å². The second-order valence-electron chi connectivity index (χ2n) is 7.29. The Morgan fingerprint density at radius 3 is 2.46 bits per heavy atom. The number of carbonyl (C=O) groups is 2. The topological polar surface area (TPSA) is 49.9 Å². The Morgan fingerprint density at radius 1 is 1.29 bits per heavy atom. The minimum absolute atomic E-state index is 0.0939. The molecule has 0 radical (unpaired) electrons. The molecular formula is C20H27F3N2O3. The van der Waals surface area contributed by atoms with Gasteiger partial charge in [-0.15, -0.1) is 0 Å². The predicted molar refractivity (Wildman–Crippen MR) is 98.3 cm³/mol. The Balaban J connectivity index is 2.20. The highest BCUT2D eigenvalue weighted by atomic mass is 19.4. The zero-order valence-electron chi connectivity index (χ0n) is 16.5. The molecule has 2 unspecified atom stereocenters. The molecule has 1 aromatic rings. The van der Waals surface area contributed by atoms with E-state index in [1.54, 1.807) is 18.7 Å². The number of halogens is 3. The molecule has 0 aromatic heterocycles. The summed E-state index contributed by atoms with van der Waals surface area (Å²) in [4.78, 5) is 27.5. The molecule has 1 heterocycles. The number of likely N-dealkylation sites (tertiary alicyclic amines) is 1. The minimum Gasteiger partial charge on any atom is -0.469 e. The lowest BCUT2D eigenvalue weighted by Crippen LogP contribution is -2.54. The smallest absolute Gasteiger partial charge is 0.404 e. The van der Waals surface area contributed by atoms with E-state index in [1.165, 1.54) is 7.11 Å². The Hall–Kier alpha value is -2.09. The fourth-order valence-corrected chi connectivity index (χ4v) is 3.66. The van der Waals surface area contributed by atoms with Gasteiger partial charge < -0.3 is 9.64 Å². The van der Waals surface area contributed by atoms with Gasteiger partial charge in [0.2, 0.25) is 5.91 Å². The number of ether oxygens (including phenoxy) is 1. The zero-order chi connectivity index (χ0) is 20.9. The van der Waals surface area contributed by atoms with Crippen LogP contribution in [-0.4, -0.2) is 61.1 Å². The van der Waals surface area contributed by atoms with Crippen LogP contribution in [0.4, 0.5) is 13.2 Å². The van der Waals surface area contributed by atoms with Gasteiger partial charge >= 0.3 is 12.1 Å². The Kier molecular flexibility index (Phi) is 7.09. The number of esters is 1. The number of methoxy groups -OCH3 is 1. The second kappa shape index (κ2) is 8.94. The minimum atomic E-state index is -4.67. The van der Waals surface area contributed by atoms with Crippen LogP contribution >= 0.6 is 0 Å². The van der Waals surface area contributed by atoms with Crippen LogP contribution < -0.4 is 0 Å². The number of alkyl halides is 3. The summed E-state index contributed by atoms with van der Waals surface area (Å²) >= 11 is 0. The van der Waals surface area contributed by atoms with Crippen molar-refractivity contribution in [2.75, 3.05) is 33.3 Å². The van der Waals surface area contributed by atoms with Gasteiger partial charge in [0.05, 0.1) is 13.0 Å². The van der Waals surface area contributed by atoms with Crippen LogP contribution in [0, 0.1) is 11.3 Å². The predicted octanol–water partition coefficient (Wildman–Crippen LogP) is 3.10. The zero-order valence-corrected chi connectivity index (χ0v) is 16.5. The first kappa shape index (κ1) is 22.2. The van der Waals surface area contributed by atoms with E-state index < -0.39 is 29.4 Å². The lowest BCUT2D eigenvalue weighted by molar-refractivity contribution is -0.223. The van der Waals surface area contributed by atoms with E-state index in [9.17, 15) is 22.8 Å². The van der Waals surface area contributed by atoms with Crippen molar-refractivity contribution < 1.29 is 27.5 Å². The van der Waals surface area contributed by atoms with Gasteiger partial charge in [-0.05, 0) is 25.5 Å². The maximum atomic E-state index is 14.1. The molecule has 2 atom stereocenters. The first-order valence-corrected chi connectivity index (χ1v) is 9.35. The summed E-state index contributed by atoms with van der Waals surface area (Å²) in [6.45, 7) is 3.31. The van der Waals surface area contributed by atoms with Gasteiger partial charge in [0.15, 0.2) is 5.41 Å². The molecule has 1 aromatic carbocycles. The molecule has 2 rings (SSSR count). The molecule has 5 nitrogen and oxygen atoms in total. The van der Waals surface area contributed by atoms with E-state index in [0.717, 1.165) is 10.5 Å². The van der Waals surface area contributed by atoms with Crippen LogP contribution in [0.2, 0.25) is 0 Å². The maximum Gasteiger partial charge on any atom is 0.404 e. The summed E-state index contributed by atoms with van der Waals surface area (Å²) in [6.07, 6.45) is -4.96. The molecule has 8 heteroatoms. The highest BCUT2D eigenvalue weighted by Crippen LogP contribution is 2.47. The first-order valence-electron chi connectivity index (χ1n) is 9.35. The van der Waals surface area contributed by atoms with E-state index in [-0.39, 0.29) is 32.6 Å². The van der Waals surface area contributed by atoms with Crippen LogP contribution in [0.3, 0.4) is 0 Å². The lowest BCUT2D eigenvalue weighted by atomic mass is 9.84. The van der Waals surface area contributed by atoms with E-state index in [2.05, 4.69) is 4.74 Å². The van der Waals surface area contributed by atoms with E-state index in [0.29, 0.717) is 6.54 Å². The molecule has 1 amide bonds. The summed E-state index contributed by atoms with van der Waals surface area (Å²) in [5, 5.41) is 0. The third kappa shape index (κ3) is 4.66. The van der Waals surface area contributed by atoms with Gasteiger partial charge in [-0.2, -0.15) is 13.2 Å². The van der Waals surface area contributed by atoms with Gasteiger partial charge in [-0.1, -0.05) is 37.3 Å². The number of hydrogen-bond donors (Lipinski definition) is 0. The van der Waals surface area contributed by atoms with Crippen molar-refractivity contribution >= 4 is 11.9 Å². The molecule has 1 fully saturated rings. The summed E-state index contributed by atoms with van der Waals surface area (Å²) < 4.78 is 46.8. The van der Waals surface area contributed by atoms with E-state index in [4.69, 9.17) is 0 Å². The van der Waals surface area contributed by atoms with Crippen molar-refractivity contribution in [1.29, 1.82) is 0 Å². The average molecular weight is 400 g/mol. The number of nitrogens with zero attached hydrogens (tertiary/aromatic N) is 2. The third-order valence-electron chi connectivity index (χ3n) is 5.32. The Morgan fingerprint density at radius 2 is 1.93 bits per heavy atom. The molecule has 0 spiro atoms. The lowest BCUT2D eigenvalue weighted by Gasteiger charge is -2.36. The molecule has 0 N–H and O–H groups in total. The van der Waals surface area contributed by atoms with Crippen molar-refractivity contribution in [2.24, 2.45) is 11.3 Å². The summed E-state index contributed by atoms with van der Waals surface area (Å²) in [5.74, 6) is -2.21. The third-order valence-corrected chi connectivity index (χ3v) is 5.32. The van der Waals surface area contributed by atoms with Crippen molar-refractivity contribution in [3.63, 3.8) is 0 Å². The monoisotopic (exact) mass is 400 g/mol. The van der Waals surface area contributed by atoms with Gasteiger partial charge in [0, 0.05) is 26.2 Å². The summed E-state index contributed by atoms with van der Waals surface area (Å²) in [7, 11) is 1.21. The molecule has 0 aliphatic carbocycles. The van der Waals surface area contributed by atoms with Gasteiger partial charge in [-0.25, -0.2) is 0 Å². The largest absolute Gasteiger partial charge is 0.469 e. The number of benzene rings is 1. The number of hydrogen-bond acceptors (Lipinski definition) is 4. The van der Waals surface area contributed by atoms with Crippen LogP contribution in [0.1, 0.15) is 25.8 Å². The quantitative estimate of drug-likeness (QED) is 0.660. The van der Waals surface area contributed by atoms with Crippen LogP contribution in [0.25, 0.3) is 0 Å². The molecule has 1 saturated heterocycles. The highest BCUT2D eigenvalue weighted by molar-refractivity contribution is 5.85. The Labute approximate surface area is 163 Å². The second-order valence-corrected chi connectivity index (χ2v) is 7.29. The van der Waals surface area contributed by atoms with E-state index >= 15 is 0 Å². The van der Waals surface area contributed by atoms with Crippen molar-refractivity contribution in [2.45, 2.75) is 33.0 Å². The Bertz CT molecular complexity index is 681. The maximum absolute atomic E-state index is 14.1. The fourth-order valence-electron chi connectivity index (χ4n) is 3.66. The van der Waals surface area contributed by atoms with Crippen molar-refractivity contribution in [3.05, 3.63) is 35.9 Å². The summed E-state index contributed by atoms with van der Waals surface area (Å²) in [5.41, 5.74) is -1.55. The molecule has 0 bridgehead atoms. The van der Waals surface area contributed by atoms with Crippen molar-refractivity contribution in [3.8, 4) is 0 Å². The summed E-state index contributed by atoms with van der Waals surface area (Å²) in [6, 6.07) is 9.22. The molecule has 1 aliphatic rings. The molecule has 28 heavy (non-hydrogen) atoms. The fraction of sp³-hybridized carbons (Fsp3) is 0.600. The van der Waals surface area contributed by atoms with Crippen LogP contribution in [0.5, 0.6) is 0 Å². The van der Waals surface area contributed by atoms with Crippen molar-refractivity contribution in [1.82, 2.24) is 9.80 Å². The SMILES string of the molecule is CCN(CC(C)C(=O)OC)C(=O)C1(C(F)(F)F)CCN(Cc2ccccc2)C1. The standard InChI is InChI=1S/C20H27F3N2O3/c1-4-25(12-15(2)17(26)28-3)18(27)19(20(21,22)23)10-11-24(14-19)13-16-8-6-5-7-9-16/h5-9,15H,4,10-14H2,1-3H3. The van der Waals surface area contributed by atoms with E-state index in [1.807, 2.05) is 30.3 Å². The van der Waals surface area contributed by atoms with Gasteiger partial charge in [0.25, 0.3) is 0 Å². The normalized spacial score (nSPS) is 21.4. The highest BCUT2D eigenvalue weighted by Gasteiger charge is 2.63. The molecule has 0 saturated carbocycles. The molecule has 156 valence electrons. The van der Waals surface area contributed by atoms with Gasteiger partial charge in [0.1, 0.15) is 0 Å². The number of amides is 1. The van der Waals surface area contributed by atoms with Crippen LogP contribution in [0.15, 0.2) is 30.3 Å². The molecule has 1 aliphatic heterocycles.